The lowest BCUT2D eigenvalue weighted by Gasteiger charge is -2.50. The number of nitrogens with two attached hydrogens (primary N) is 1. The predicted octanol–water partition coefficient (Wildman–Crippen LogP) is 0.615. The molecule has 4 N–H and O–H groups in total. The first-order valence-corrected chi connectivity index (χ1v) is 11.6. The average molecular weight is 397 g/mol. The van der Waals surface area contributed by atoms with Gasteiger partial charge in [0.1, 0.15) is 5.75 Å². The van der Waals surface area contributed by atoms with Crippen molar-refractivity contribution in [2.75, 3.05) is 46.1 Å². The molecule has 0 saturated carbocycles. The third-order valence-corrected chi connectivity index (χ3v) is 6.62. The van der Waals surface area contributed by atoms with Gasteiger partial charge in [0, 0.05) is 37.8 Å². The normalized spacial score (nSPS) is 25.7. The van der Waals surface area contributed by atoms with Crippen LogP contribution in [-0.4, -0.2) is 64.9 Å². The first kappa shape index (κ1) is 20.5. The van der Waals surface area contributed by atoms with Gasteiger partial charge in [-0.3, -0.25) is 4.90 Å². The number of hydrogen-bond donors (Lipinski definition) is 3. The number of nitrogens with zero attached hydrogens (tertiary/aromatic N) is 1. The fourth-order valence-electron chi connectivity index (χ4n) is 4.52. The van der Waals surface area contributed by atoms with E-state index in [9.17, 15) is 8.42 Å². The molecule has 1 fully saturated rings. The number of benzene rings is 1. The molecule has 2 heterocycles. The average Bonchev–Trinajstić information content (AvgIpc) is 2.64. The minimum Gasteiger partial charge on any atom is -0.497 e. The molecule has 2 atom stereocenters. The maximum Gasteiger partial charge on any atom is 0.208 e. The summed E-state index contributed by atoms with van der Waals surface area (Å²) in [7, 11) is -1.45. The smallest absolute Gasteiger partial charge is 0.208 e. The van der Waals surface area contributed by atoms with Gasteiger partial charge in [0.15, 0.2) is 0 Å². The van der Waals surface area contributed by atoms with Crippen LogP contribution >= 0.6 is 0 Å². The maximum atomic E-state index is 11.3. The summed E-state index contributed by atoms with van der Waals surface area (Å²) in [5.41, 5.74) is 8.65. The zero-order chi connectivity index (χ0) is 19.5. The van der Waals surface area contributed by atoms with Crippen LogP contribution in [0.25, 0.3) is 0 Å². The van der Waals surface area contributed by atoms with Gasteiger partial charge in [-0.15, -0.1) is 0 Å². The molecule has 0 unspecified atom stereocenters. The minimum atomic E-state index is -3.16. The van der Waals surface area contributed by atoms with E-state index in [2.05, 4.69) is 27.1 Å². The van der Waals surface area contributed by atoms with E-state index < -0.39 is 10.0 Å². The van der Waals surface area contributed by atoms with Gasteiger partial charge in [0.05, 0.1) is 13.4 Å². The Labute approximate surface area is 162 Å². The molecular weight excluding hydrogens is 364 g/mol. The lowest BCUT2D eigenvalue weighted by molar-refractivity contribution is 0.0650. The Balaban J connectivity index is 1.74. The van der Waals surface area contributed by atoms with Crippen molar-refractivity contribution in [3.63, 3.8) is 0 Å². The third kappa shape index (κ3) is 5.00. The molecule has 0 spiro atoms. The summed E-state index contributed by atoms with van der Waals surface area (Å²) in [5, 5.41) is 3.64. The monoisotopic (exact) mass is 396 g/mol. The number of fused-ring (bicyclic) bond motifs is 3. The van der Waals surface area contributed by atoms with Gasteiger partial charge in [0.2, 0.25) is 10.0 Å². The van der Waals surface area contributed by atoms with E-state index in [4.69, 9.17) is 10.5 Å². The van der Waals surface area contributed by atoms with E-state index >= 15 is 0 Å². The predicted molar refractivity (Wildman–Crippen MR) is 107 cm³/mol. The molecule has 0 radical (unpaired) electrons. The number of piperidine rings is 1. The Bertz CT molecular complexity index is 755. The highest BCUT2D eigenvalue weighted by Crippen LogP contribution is 2.42. The number of hydrogen-bond acceptors (Lipinski definition) is 6. The van der Waals surface area contributed by atoms with Crippen molar-refractivity contribution in [3.8, 4) is 5.75 Å². The zero-order valence-electron chi connectivity index (χ0n) is 16.3. The van der Waals surface area contributed by atoms with Gasteiger partial charge in [-0.1, -0.05) is 6.07 Å². The Morgan fingerprint density at radius 3 is 2.85 bits per heavy atom. The first-order chi connectivity index (χ1) is 12.9. The van der Waals surface area contributed by atoms with Crippen molar-refractivity contribution in [2.45, 2.75) is 37.3 Å². The second kappa shape index (κ2) is 8.45. The summed E-state index contributed by atoms with van der Waals surface area (Å²) in [6.45, 7) is 3.72. The quantitative estimate of drug-likeness (QED) is 0.557. The van der Waals surface area contributed by atoms with E-state index in [1.807, 2.05) is 6.07 Å². The fourth-order valence-corrected chi connectivity index (χ4v) is 4.99. The largest absolute Gasteiger partial charge is 0.497 e. The molecule has 0 bridgehead atoms. The molecule has 1 saturated heterocycles. The Kier molecular flexibility index (Phi) is 6.43. The number of sulfonamides is 1. The number of rotatable bonds is 8. The molecule has 0 aliphatic carbocycles. The summed E-state index contributed by atoms with van der Waals surface area (Å²) >= 11 is 0. The topological polar surface area (TPSA) is 96.7 Å². The van der Waals surface area contributed by atoms with Gasteiger partial charge in [0.25, 0.3) is 0 Å². The van der Waals surface area contributed by atoms with Crippen LogP contribution in [0.2, 0.25) is 0 Å². The van der Waals surface area contributed by atoms with Crippen molar-refractivity contribution >= 4 is 10.0 Å². The van der Waals surface area contributed by atoms with Crippen LogP contribution in [0.15, 0.2) is 18.2 Å². The molecule has 0 amide bonds. The Hall–Kier alpha value is -1.19. The van der Waals surface area contributed by atoms with Gasteiger partial charge in [-0.2, -0.15) is 0 Å². The minimum absolute atomic E-state index is 0.0519. The number of nitrogens with one attached hydrogen (secondary N) is 2. The van der Waals surface area contributed by atoms with Crippen molar-refractivity contribution in [1.82, 2.24) is 14.9 Å². The zero-order valence-corrected chi connectivity index (χ0v) is 17.1. The summed E-state index contributed by atoms with van der Waals surface area (Å²) in [6.07, 6.45) is 5.15. The van der Waals surface area contributed by atoms with E-state index in [1.54, 1.807) is 7.11 Å². The van der Waals surface area contributed by atoms with Crippen LogP contribution in [-0.2, 0) is 16.4 Å². The summed E-state index contributed by atoms with van der Waals surface area (Å²) in [6, 6.07) is 6.78. The fraction of sp³-hybridized carbons (Fsp3) is 0.684. The molecule has 7 nitrogen and oxygen atoms in total. The molecule has 1 aromatic carbocycles. The molecule has 3 rings (SSSR count). The Morgan fingerprint density at radius 1 is 1.33 bits per heavy atom. The van der Waals surface area contributed by atoms with Crippen molar-refractivity contribution in [1.29, 1.82) is 0 Å². The van der Waals surface area contributed by atoms with Gasteiger partial charge in [-0.25, -0.2) is 13.1 Å². The molecule has 1 aromatic rings. The lowest BCUT2D eigenvalue weighted by Crippen LogP contribution is -2.57. The van der Waals surface area contributed by atoms with E-state index in [-0.39, 0.29) is 5.54 Å². The van der Waals surface area contributed by atoms with Crippen LogP contribution in [0.5, 0.6) is 5.75 Å². The lowest BCUT2D eigenvalue weighted by atomic mass is 9.75. The molecular formula is C19H32N4O3S. The summed E-state index contributed by atoms with van der Waals surface area (Å²) in [5.74, 6) is 0.913. The highest BCUT2D eigenvalue weighted by atomic mass is 32.2. The molecule has 2 aliphatic rings. The van der Waals surface area contributed by atoms with Crippen LogP contribution in [0.1, 0.15) is 36.4 Å². The van der Waals surface area contributed by atoms with Crippen molar-refractivity contribution in [2.24, 2.45) is 5.73 Å². The summed E-state index contributed by atoms with van der Waals surface area (Å²) in [4.78, 5) is 2.57. The van der Waals surface area contributed by atoms with Crippen LogP contribution in [0, 0.1) is 0 Å². The van der Waals surface area contributed by atoms with Crippen LogP contribution in [0.3, 0.4) is 0 Å². The van der Waals surface area contributed by atoms with E-state index in [0.717, 1.165) is 44.5 Å². The SMILES string of the molecule is COc1ccc2c(c1)CCN1CC[C@@](CCN)(NCCNS(C)(=O)=O)C[C@@H]21. The van der Waals surface area contributed by atoms with E-state index in [0.29, 0.717) is 25.7 Å². The molecule has 152 valence electrons. The summed E-state index contributed by atoms with van der Waals surface area (Å²) < 4.78 is 30.5. The van der Waals surface area contributed by atoms with Crippen LogP contribution < -0.4 is 20.5 Å². The van der Waals surface area contributed by atoms with Crippen molar-refractivity contribution in [3.05, 3.63) is 29.3 Å². The van der Waals surface area contributed by atoms with Gasteiger partial charge < -0.3 is 15.8 Å². The number of ether oxygens (including phenoxy) is 1. The standard InChI is InChI=1S/C19H32N4O3S/c1-26-16-3-4-17-15(13-16)5-11-23-12-7-19(6-8-20,14-18(17)23)21-9-10-22-27(2,24)25/h3-4,13,18,21-22H,5-12,14,20H2,1-2H3/t18-,19+/m0/s1. The van der Waals surface area contributed by atoms with Gasteiger partial charge >= 0.3 is 0 Å². The molecule has 2 aliphatic heterocycles. The van der Waals surface area contributed by atoms with E-state index in [1.165, 1.54) is 17.4 Å². The second-order valence-electron chi connectivity index (χ2n) is 7.73. The molecule has 8 heteroatoms. The van der Waals surface area contributed by atoms with Crippen LogP contribution in [0.4, 0.5) is 0 Å². The molecule has 27 heavy (non-hydrogen) atoms. The highest BCUT2D eigenvalue weighted by Gasteiger charge is 2.41. The van der Waals surface area contributed by atoms with Crippen molar-refractivity contribution < 1.29 is 13.2 Å². The Morgan fingerprint density at radius 2 is 2.15 bits per heavy atom. The maximum absolute atomic E-state index is 11.3. The third-order valence-electron chi connectivity index (χ3n) is 5.89. The second-order valence-corrected chi connectivity index (χ2v) is 9.57. The number of methoxy groups -OCH3 is 1. The van der Waals surface area contributed by atoms with Gasteiger partial charge in [-0.05, 0) is 55.5 Å². The highest BCUT2D eigenvalue weighted by molar-refractivity contribution is 7.88. The first-order valence-electron chi connectivity index (χ1n) is 9.66. The molecule has 0 aromatic heterocycles.